The second-order valence-corrected chi connectivity index (χ2v) is 5.25. The van der Waals surface area contributed by atoms with Gasteiger partial charge in [0.25, 0.3) is 0 Å². The zero-order valence-electron chi connectivity index (χ0n) is 12.3. The van der Waals surface area contributed by atoms with Gasteiger partial charge in [-0.2, -0.15) is 0 Å². The van der Waals surface area contributed by atoms with Gasteiger partial charge in [0, 0.05) is 12.6 Å². The number of amidine groups is 1. The molecule has 0 aliphatic heterocycles. The number of anilines is 1. The monoisotopic (exact) mass is 285 g/mol. The fourth-order valence-corrected chi connectivity index (χ4v) is 2.34. The van der Waals surface area contributed by atoms with Crippen molar-refractivity contribution in [3.05, 3.63) is 65.5 Å². The first-order chi connectivity index (χ1) is 10.0. The van der Waals surface area contributed by atoms with Crippen LogP contribution in [-0.4, -0.2) is 11.9 Å². The van der Waals surface area contributed by atoms with Crippen LogP contribution in [0.1, 0.15) is 25.0 Å². The first-order valence-corrected chi connectivity index (χ1v) is 6.94. The van der Waals surface area contributed by atoms with E-state index in [2.05, 4.69) is 4.90 Å². The molecular weight excluding hydrogens is 265 g/mol. The minimum Gasteiger partial charge on any atom is -0.384 e. The molecule has 2 rings (SSSR count). The Balaban J connectivity index is 2.44. The largest absolute Gasteiger partial charge is 0.384 e. The zero-order valence-corrected chi connectivity index (χ0v) is 12.3. The van der Waals surface area contributed by atoms with Crippen LogP contribution >= 0.6 is 0 Å². The number of rotatable bonds is 5. The lowest BCUT2D eigenvalue weighted by Gasteiger charge is -2.31. The smallest absolute Gasteiger partial charge is 0.136 e. The highest BCUT2D eigenvalue weighted by Crippen LogP contribution is 2.26. The standard InChI is InChI=1S/C17H20FN3/c1-12(2)21(11-13-7-4-3-5-8-13)15-10-6-9-14(18)16(15)17(19)20/h3-10,12H,11H2,1-2H3,(H3,19,20). The number of benzene rings is 2. The molecule has 0 saturated heterocycles. The topological polar surface area (TPSA) is 53.1 Å². The Hall–Kier alpha value is -2.36. The average Bonchev–Trinajstić information content (AvgIpc) is 2.45. The SMILES string of the molecule is CC(C)N(Cc1ccccc1)c1cccc(F)c1C(=N)N. The maximum absolute atomic E-state index is 14.0. The van der Waals surface area contributed by atoms with Crippen molar-refractivity contribution in [1.82, 2.24) is 0 Å². The van der Waals surface area contributed by atoms with Crippen molar-refractivity contribution >= 4 is 11.5 Å². The number of nitrogens with zero attached hydrogens (tertiary/aromatic N) is 1. The number of nitrogens with one attached hydrogen (secondary N) is 1. The second-order valence-electron chi connectivity index (χ2n) is 5.25. The Kier molecular flexibility index (Phi) is 4.58. The van der Waals surface area contributed by atoms with E-state index in [4.69, 9.17) is 11.1 Å². The summed E-state index contributed by atoms with van der Waals surface area (Å²) < 4.78 is 14.0. The Labute approximate surface area is 124 Å². The van der Waals surface area contributed by atoms with E-state index >= 15 is 0 Å². The number of hydrogen-bond acceptors (Lipinski definition) is 2. The molecule has 0 spiro atoms. The maximum Gasteiger partial charge on any atom is 0.136 e. The molecule has 0 amide bonds. The van der Waals surface area contributed by atoms with Crippen LogP contribution in [0, 0.1) is 11.2 Å². The van der Waals surface area contributed by atoms with Crippen LogP contribution in [0.25, 0.3) is 0 Å². The lowest BCUT2D eigenvalue weighted by molar-refractivity contribution is 0.619. The van der Waals surface area contributed by atoms with Crippen molar-refractivity contribution in [1.29, 1.82) is 5.41 Å². The fourth-order valence-electron chi connectivity index (χ4n) is 2.34. The van der Waals surface area contributed by atoms with Gasteiger partial charge in [0.1, 0.15) is 11.7 Å². The van der Waals surface area contributed by atoms with E-state index in [0.29, 0.717) is 12.2 Å². The highest BCUT2D eigenvalue weighted by Gasteiger charge is 2.19. The molecule has 110 valence electrons. The molecule has 3 N–H and O–H groups in total. The molecular formula is C17H20FN3. The summed E-state index contributed by atoms with van der Waals surface area (Å²) in [5.74, 6) is -0.708. The average molecular weight is 285 g/mol. The highest BCUT2D eigenvalue weighted by atomic mass is 19.1. The number of halogens is 1. The van der Waals surface area contributed by atoms with Crippen LogP contribution < -0.4 is 10.6 Å². The molecule has 0 fully saturated rings. The molecule has 0 heterocycles. The molecule has 0 saturated carbocycles. The van der Waals surface area contributed by atoms with Crippen LogP contribution in [0.4, 0.5) is 10.1 Å². The molecule has 0 aromatic heterocycles. The normalized spacial score (nSPS) is 10.7. The van der Waals surface area contributed by atoms with Crippen molar-refractivity contribution in [2.75, 3.05) is 4.90 Å². The van der Waals surface area contributed by atoms with E-state index in [1.807, 2.05) is 50.2 Å². The van der Waals surface area contributed by atoms with Gasteiger partial charge in [0.2, 0.25) is 0 Å². The molecule has 21 heavy (non-hydrogen) atoms. The van der Waals surface area contributed by atoms with Crippen molar-refractivity contribution in [2.45, 2.75) is 26.4 Å². The van der Waals surface area contributed by atoms with Crippen LogP contribution in [0.2, 0.25) is 0 Å². The molecule has 0 aliphatic rings. The van der Waals surface area contributed by atoms with Crippen LogP contribution in [0.3, 0.4) is 0 Å². The first kappa shape index (κ1) is 15.0. The molecule has 0 radical (unpaired) electrons. The minimum atomic E-state index is -0.460. The predicted octanol–water partition coefficient (Wildman–Crippen LogP) is 3.52. The molecule has 4 heteroatoms. The summed E-state index contributed by atoms with van der Waals surface area (Å²) in [5, 5.41) is 7.64. The van der Waals surface area contributed by atoms with E-state index in [0.717, 1.165) is 5.56 Å². The summed E-state index contributed by atoms with van der Waals surface area (Å²) in [4.78, 5) is 2.05. The molecule has 2 aromatic rings. The summed E-state index contributed by atoms with van der Waals surface area (Å²) in [7, 11) is 0. The number of nitrogens with two attached hydrogens (primary N) is 1. The number of nitrogen functional groups attached to an aromatic ring is 1. The van der Waals surface area contributed by atoms with E-state index in [1.165, 1.54) is 6.07 Å². The van der Waals surface area contributed by atoms with Crippen LogP contribution in [-0.2, 0) is 6.54 Å². The molecule has 3 nitrogen and oxygen atoms in total. The van der Waals surface area contributed by atoms with Gasteiger partial charge >= 0.3 is 0 Å². The van der Waals surface area contributed by atoms with Gasteiger partial charge in [-0.25, -0.2) is 4.39 Å². The second kappa shape index (κ2) is 6.39. The third-order valence-corrected chi connectivity index (χ3v) is 3.39. The van der Waals surface area contributed by atoms with E-state index < -0.39 is 5.82 Å². The molecule has 2 aromatic carbocycles. The lowest BCUT2D eigenvalue weighted by Crippen LogP contribution is -2.32. The molecule has 0 aliphatic carbocycles. The van der Waals surface area contributed by atoms with Gasteiger partial charge in [-0.3, -0.25) is 5.41 Å². The van der Waals surface area contributed by atoms with Gasteiger partial charge in [-0.15, -0.1) is 0 Å². The van der Waals surface area contributed by atoms with Gasteiger partial charge < -0.3 is 10.6 Å². The summed E-state index contributed by atoms with van der Waals surface area (Å²) in [6, 6.07) is 14.9. The van der Waals surface area contributed by atoms with E-state index in [-0.39, 0.29) is 17.4 Å². The summed E-state index contributed by atoms with van der Waals surface area (Å²) in [6.07, 6.45) is 0. The first-order valence-electron chi connectivity index (χ1n) is 6.94. The quantitative estimate of drug-likeness (QED) is 0.652. The van der Waals surface area contributed by atoms with Crippen molar-refractivity contribution in [3.63, 3.8) is 0 Å². The number of hydrogen-bond donors (Lipinski definition) is 2. The summed E-state index contributed by atoms with van der Waals surface area (Å²) >= 11 is 0. The maximum atomic E-state index is 14.0. The third-order valence-electron chi connectivity index (χ3n) is 3.39. The van der Waals surface area contributed by atoms with Gasteiger partial charge in [0.05, 0.1) is 11.3 Å². The lowest BCUT2D eigenvalue weighted by atomic mass is 10.1. The Morgan fingerprint density at radius 3 is 2.38 bits per heavy atom. The molecule has 0 bridgehead atoms. The minimum absolute atomic E-state index is 0.158. The van der Waals surface area contributed by atoms with Crippen molar-refractivity contribution < 1.29 is 4.39 Å². The predicted molar refractivity (Wildman–Crippen MR) is 85.2 cm³/mol. The third kappa shape index (κ3) is 3.40. The Bertz CT molecular complexity index is 623. The Morgan fingerprint density at radius 1 is 1.14 bits per heavy atom. The summed E-state index contributed by atoms with van der Waals surface area (Å²) in [5.41, 5.74) is 7.52. The van der Waals surface area contributed by atoms with Gasteiger partial charge in [-0.05, 0) is 31.5 Å². The molecule has 0 unspecified atom stereocenters. The van der Waals surface area contributed by atoms with Gasteiger partial charge in [0.15, 0.2) is 0 Å². The van der Waals surface area contributed by atoms with E-state index in [1.54, 1.807) is 6.07 Å². The summed E-state index contributed by atoms with van der Waals surface area (Å²) in [6.45, 7) is 4.72. The van der Waals surface area contributed by atoms with Crippen LogP contribution in [0.15, 0.2) is 48.5 Å². The zero-order chi connectivity index (χ0) is 15.4. The van der Waals surface area contributed by atoms with Gasteiger partial charge in [-0.1, -0.05) is 36.4 Å². The molecule has 0 atom stereocenters. The highest BCUT2D eigenvalue weighted by molar-refractivity contribution is 6.00. The van der Waals surface area contributed by atoms with Crippen molar-refractivity contribution in [3.8, 4) is 0 Å². The van der Waals surface area contributed by atoms with Crippen molar-refractivity contribution in [2.24, 2.45) is 5.73 Å². The Morgan fingerprint density at radius 2 is 1.81 bits per heavy atom. The fraction of sp³-hybridized carbons (Fsp3) is 0.235. The van der Waals surface area contributed by atoms with E-state index in [9.17, 15) is 4.39 Å². The van der Waals surface area contributed by atoms with Crippen LogP contribution in [0.5, 0.6) is 0 Å².